The molecule has 0 aliphatic carbocycles. The highest BCUT2D eigenvalue weighted by Gasteiger charge is 2.16. The minimum atomic E-state index is 0.599. The van der Waals surface area contributed by atoms with Gasteiger partial charge in [0, 0.05) is 13.0 Å². The Morgan fingerprint density at radius 2 is 2.20 bits per heavy atom. The van der Waals surface area contributed by atoms with Gasteiger partial charge in [-0.2, -0.15) is 0 Å². The van der Waals surface area contributed by atoms with Gasteiger partial charge >= 0.3 is 0 Å². The highest BCUT2D eigenvalue weighted by Crippen LogP contribution is 2.25. The second-order valence-corrected chi connectivity index (χ2v) is 4.69. The topological polar surface area (TPSA) is 17.8 Å². The van der Waals surface area contributed by atoms with E-state index in [4.69, 9.17) is 0 Å². The van der Waals surface area contributed by atoms with Crippen LogP contribution >= 0.6 is 0 Å². The lowest BCUT2D eigenvalue weighted by Crippen LogP contribution is -1.93. The summed E-state index contributed by atoms with van der Waals surface area (Å²) in [5.74, 6) is 1.87. The average Bonchev–Trinajstić information content (AvgIpc) is 2.75. The Hall–Kier alpha value is -1.31. The lowest BCUT2D eigenvalue weighted by Gasteiger charge is -2.05. The molecule has 0 radical (unpaired) electrons. The van der Waals surface area contributed by atoms with E-state index >= 15 is 0 Å². The lowest BCUT2D eigenvalue weighted by molar-refractivity contribution is 0.770. The molecule has 2 nitrogen and oxygen atoms in total. The van der Waals surface area contributed by atoms with Crippen LogP contribution in [-0.2, 0) is 13.0 Å². The molecule has 0 fully saturated rings. The number of fused-ring (bicyclic) bond motifs is 3. The largest absolute Gasteiger partial charge is 0.328 e. The van der Waals surface area contributed by atoms with Gasteiger partial charge in [-0.05, 0) is 30.0 Å². The van der Waals surface area contributed by atoms with E-state index in [1.54, 1.807) is 0 Å². The van der Waals surface area contributed by atoms with E-state index in [9.17, 15) is 0 Å². The first kappa shape index (κ1) is 8.96. The third-order valence-electron chi connectivity index (χ3n) is 3.30. The van der Waals surface area contributed by atoms with Gasteiger partial charge in [-0.15, -0.1) is 0 Å². The molecule has 1 aliphatic rings. The number of rotatable bonds is 1. The zero-order valence-electron chi connectivity index (χ0n) is 9.33. The molecule has 3 rings (SSSR count). The molecule has 0 N–H and O–H groups in total. The molecule has 0 spiro atoms. The van der Waals surface area contributed by atoms with Gasteiger partial charge in [0.15, 0.2) is 0 Å². The summed E-state index contributed by atoms with van der Waals surface area (Å²) in [5, 5.41) is 0. The van der Waals surface area contributed by atoms with Crippen molar-refractivity contribution in [2.45, 2.75) is 39.2 Å². The van der Waals surface area contributed by atoms with Gasteiger partial charge in [0.2, 0.25) is 0 Å². The van der Waals surface area contributed by atoms with E-state index < -0.39 is 0 Å². The lowest BCUT2D eigenvalue weighted by atomic mass is 10.0. The van der Waals surface area contributed by atoms with Crippen LogP contribution in [0.25, 0.3) is 11.0 Å². The molecule has 1 aliphatic heterocycles. The van der Waals surface area contributed by atoms with Crippen molar-refractivity contribution in [2.75, 3.05) is 0 Å². The van der Waals surface area contributed by atoms with Crippen molar-refractivity contribution in [1.29, 1.82) is 0 Å². The van der Waals surface area contributed by atoms with Crippen LogP contribution < -0.4 is 0 Å². The highest BCUT2D eigenvalue weighted by atomic mass is 15.1. The van der Waals surface area contributed by atoms with Crippen molar-refractivity contribution in [1.82, 2.24) is 9.55 Å². The maximum atomic E-state index is 4.66. The molecule has 0 atom stereocenters. The number of aryl methyl sites for hydroxylation is 2. The van der Waals surface area contributed by atoms with Crippen molar-refractivity contribution in [3.05, 3.63) is 29.6 Å². The van der Waals surface area contributed by atoms with E-state index in [1.807, 2.05) is 0 Å². The highest BCUT2D eigenvalue weighted by molar-refractivity contribution is 5.77. The van der Waals surface area contributed by atoms with Gasteiger partial charge in [0.05, 0.1) is 11.0 Å². The SMILES string of the molecule is CC(C)c1ccc2nc3n(c2c1)CCC3. The Morgan fingerprint density at radius 3 is 3.00 bits per heavy atom. The minimum Gasteiger partial charge on any atom is -0.328 e. The van der Waals surface area contributed by atoms with Gasteiger partial charge in [-0.25, -0.2) is 4.98 Å². The van der Waals surface area contributed by atoms with Crippen molar-refractivity contribution in [2.24, 2.45) is 0 Å². The zero-order chi connectivity index (χ0) is 10.4. The Morgan fingerprint density at radius 1 is 1.33 bits per heavy atom. The number of aromatic nitrogens is 2. The Labute approximate surface area is 89.9 Å². The smallest absolute Gasteiger partial charge is 0.109 e. The second-order valence-electron chi connectivity index (χ2n) is 4.69. The van der Waals surface area contributed by atoms with Gasteiger partial charge in [-0.1, -0.05) is 19.9 Å². The van der Waals surface area contributed by atoms with Crippen LogP contribution in [-0.4, -0.2) is 9.55 Å². The summed E-state index contributed by atoms with van der Waals surface area (Å²) in [4.78, 5) is 4.66. The molecule has 2 heterocycles. The quantitative estimate of drug-likeness (QED) is 0.691. The fourth-order valence-electron chi connectivity index (χ4n) is 2.38. The van der Waals surface area contributed by atoms with E-state index in [0.29, 0.717) is 5.92 Å². The Balaban J connectivity index is 2.25. The van der Waals surface area contributed by atoms with Crippen LogP contribution in [0.3, 0.4) is 0 Å². The summed E-state index contributed by atoms with van der Waals surface area (Å²) in [6.45, 7) is 5.62. The predicted octanol–water partition coefficient (Wildman–Crippen LogP) is 3.11. The number of hydrogen-bond donors (Lipinski definition) is 0. The summed E-state index contributed by atoms with van der Waals surface area (Å²) in [6.07, 6.45) is 2.40. The number of nitrogens with zero attached hydrogens (tertiary/aromatic N) is 2. The summed E-state index contributed by atoms with van der Waals surface area (Å²) >= 11 is 0. The van der Waals surface area contributed by atoms with Gasteiger partial charge in [-0.3, -0.25) is 0 Å². The van der Waals surface area contributed by atoms with Crippen LogP contribution in [0.4, 0.5) is 0 Å². The van der Waals surface area contributed by atoms with Crippen LogP contribution in [0, 0.1) is 0 Å². The fraction of sp³-hybridized carbons (Fsp3) is 0.462. The van der Waals surface area contributed by atoms with Crippen LogP contribution in [0.2, 0.25) is 0 Å². The van der Waals surface area contributed by atoms with Crippen LogP contribution in [0.15, 0.2) is 18.2 Å². The molecule has 0 amide bonds. The second kappa shape index (κ2) is 3.09. The van der Waals surface area contributed by atoms with E-state index in [0.717, 1.165) is 18.5 Å². The molecule has 0 unspecified atom stereocenters. The van der Waals surface area contributed by atoms with Crippen molar-refractivity contribution < 1.29 is 0 Å². The monoisotopic (exact) mass is 200 g/mol. The molecule has 1 aromatic carbocycles. The fourth-order valence-corrected chi connectivity index (χ4v) is 2.38. The summed E-state index contributed by atoms with van der Waals surface area (Å²) in [5.41, 5.74) is 3.90. The predicted molar refractivity (Wildman–Crippen MR) is 62.1 cm³/mol. The molecule has 78 valence electrons. The average molecular weight is 200 g/mol. The summed E-state index contributed by atoms with van der Waals surface area (Å²) in [6, 6.07) is 6.67. The molecule has 0 bridgehead atoms. The van der Waals surface area contributed by atoms with Crippen molar-refractivity contribution in [3.8, 4) is 0 Å². The molecule has 0 saturated carbocycles. The van der Waals surface area contributed by atoms with E-state index in [-0.39, 0.29) is 0 Å². The maximum Gasteiger partial charge on any atom is 0.109 e. The zero-order valence-corrected chi connectivity index (χ0v) is 9.33. The molecule has 2 aromatic rings. The minimum absolute atomic E-state index is 0.599. The molecule has 2 heteroatoms. The first-order valence-electron chi connectivity index (χ1n) is 5.75. The Kier molecular flexibility index (Phi) is 1.84. The number of imidazole rings is 1. The maximum absolute atomic E-state index is 4.66. The summed E-state index contributed by atoms with van der Waals surface area (Å²) in [7, 11) is 0. The van der Waals surface area contributed by atoms with Crippen LogP contribution in [0.5, 0.6) is 0 Å². The molecular formula is C13H16N2. The third-order valence-corrected chi connectivity index (χ3v) is 3.30. The van der Waals surface area contributed by atoms with Crippen LogP contribution in [0.1, 0.15) is 37.6 Å². The molecular weight excluding hydrogens is 184 g/mol. The number of hydrogen-bond acceptors (Lipinski definition) is 1. The van der Waals surface area contributed by atoms with Crippen molar-refractivity contribution in [3.63, 3.8) is 0 Å². The van der Waals surface area contributed by atoms with E-state index in [1.165, 1.54) is 23.3 Å². The normalized spacial score (nSPS) is 15.1. The molecule has 0 saturated heterocycles. The van der Waals surface area contributed by atoms with E-state index in [2.05, 4.69) is 41.6 Å². The third kappa shape index (κ3) is 1.28. The first-order chi connectivity index (χ1) is 7.25. The van der Waals surface area contributed by atoms with Gasteiger partial charge in [0.1, 0.15) is 5.82 Å². The first-order valence-corrected chi connectivity index (χ1v) is 5.75. The summed E-state index contributed by atoms with van der Waals surface area (Å²) < 4.78 is 2.38. The molecule has 1 aromatic heterocycles. The standard InChI is InChI=1S/C13H16N2/c1-9(2)10-5-6-11-12(8-10)15-7-3-4-13(15)14-11/h5-6,8-9H,3-4,7H2,1-2H3. The molecule has 15 heavy (non-hydrogen) atoms. The van der Waals surface area contributed by atoms with Gasteiger partial charge < -0.3 is 4.57 Å². The van der Waals surface area contributed by atoms with Crippen molar-refractivity contribution >= 4 is 11.0 Å². The number of benzene rings is 1. The van der Waals surface area contributed by atoms with Gasteiger partial charge in [0.25, 0.3) is 0 Å². The Bertz CT molecular complexity index is 508.